The molecule has 0 aliphatic rings. The summed E-state index contributed by atoms with van der Waals surface area (Å²) < 4.78 is 4.94. The minimum absolute atomic E-state index is 0.356. The average molecular weight is 194 g/mol. The summed E-state index contributed by atoms with van der Waals surface area (Å²) >= 11 is 0. The van der Waals surface area contributed by atoms with Gasteiger partial charge < -0.3 is 9.84 Å². The third-order valence-electron chi connectivity index (χ3n) is 2.25. The van der Waals surface area contributed by atoms with Crippen LogP contribution < -0.4 is 0 Å². The Kier molecular flexibility index (Phi) is 4.63. The van der Waals surface area contributed by atoms with Crippen LogP contribution in [-0.2, 0) is 4.74 Å². The summed E-state index contributed by atoms with van der Waals surface area (Å²) in [5.74, 6) is 0. The number of hydrogen-bond donors (Lipinski definition) is 1. The van der Waals surface area contributed by atoms with Crippen LogP contribution in [0.15, 0.2) is 24.3 Å². The molecule has 1 rings (SSSR count). The fraction of sp³-hybridized carbons (Fsp3) is 0.500. The molecule has 0 spiro atoms. The SMILES string of the molecule is COCCCC(O)c1cccc(C)c1. The first-order valence-corrected chi connectivity index (χ1v) is 4.97. The molecule has 14 heavy (non-hydrogen) atoms. The zero-order valence-corrected chi connectivity index (χ0v) is 8.86. The zero-order chi connectivity index (χ0) is 10.4. The molecular formula is C12H18O2. The van der Waals surface area contributed by atoms with Gasteiger partial charge in [-0.3, -0.25) is 0 Å². The van der Waals surface area contributed by atoms with Crippen LogP contribution in [0.25, 0.3) is 0 Å². The highest BCUT2D eigenvalue weighted by Crippen LogP contribution is 2.18. The van der Waals surface area contributed by atoms with Crippen molar-refractivity contribution in [3.8, 4) is 0 Å². The molecule has 0 aliphatic heterocycles. The summed E-state index contributed by atoms with van der Waals surface area (Å²) in [4.78, 5) is 0. The predicted octanol–water partition coefficient (Wildman–Crippen LogP) is 2.46. The van der Waals surface area contributed by atoms with Crippen LogP contribution in [0.5, 0.6) is 0 Å². The highest BCUT2D eigenvalue weighted by atomic mass is 16.5. The second-order valence-corrected chi connectivity index (χ2v) is 3.56. The second-order valence-electron chi connectivity index (χ2n) is 3.56. The van der Waals surface area contributed by atoms with Gasteiger partial charge in [0.1, 0.15) is 0 Å². The molecule has 1 N–H and O–H groups in total. The number of aliphatic hydroxyl groups is 1. The van der Waals surface area contributed by atoms with Gasteiger partial charge in [0.25, 0.3) is 0 Å². The highest BCUT2D eigenvalue weighted by Gasteiger charge is 2.06. The summed E-state index contributed by atoms with van der Waals surface area (Å²) in [6.07, 6.45) is 1.30. The monoisotopic (exact) mass is 194 g/mol. The molecule has 0 saturated heterocycles. The molecular weight excluding hydrogens is 176 g/mol. The van der Waals surface area contributed by atoms with E-state index in [1.807, 2.05) is 31.2 Å². The van der Waals surface area contributed by atoms with E-state index < -0.39 is 0 Å². The minimum atomic E-state index is -0.356. The van der Waals surface area contributed by atoms with E-state index >= 15 is 0 Å². The molecule has 78 valence electrons. The van der Waals surface area contributed by atoms with Crippen LogP contribution in [0.4, 0.5) is 0 Å². The van der Waals surface area contributed by atoms with Crippen LogP contribution in [0.2, 0.25) is 0 Å². The number of benzene rings is 1. The van der Waals surface area contributed by atoms with Crippen LogP contribution in [0, 0.1) is 6.92 Å². The fourth-order valence-corrected chi connectivity index (χ4v) is 1.47. The molecule has 0 bridgehead atoms. The van der Waals surface area contributed by atoms with Gasteiger partial charge in [-0.05, 0) is 25.3 Å². The summed E-state index contributed by atoms with van der Waals surface area (Å²) in [5.41, 5.74) is 2.19. The molecule has 0 aromatic heterocycles. The Morgan fingerprint density at radius 2 is 2.21 bits per heavy atom. The van der Waals surface area contributed by atoms with Crippen LogP contribution in [0.1, 0.15) is 30.1 Å². The molecule has 0 radical (unpaired) electrons. The van der Waals surface area contributed by atoms with E-state index in [0.29, 0.717) is 6.61 Å². The lowest BCUT2D eigenvalue weighted by Gasteiger charge is -2.10. The first-order valence-electron chi connectivity index (χ1n) is 4.97. The van der Waals surface area contributed by atoms with E-state index in [9.17, 15) is 5.11 Å². The van der Waals surface area contributed by atoms with Crippen molar-refractivity contribution in [3.05, 3.63) is 35.4 Å². The van der Waals surface area contributed by atoms with Crippen molar-refractivity contribution in [2.24, 2.45) is 0 Å². The summed E-state index contributed by atoms with van der Waals surface area (Å²) in [5, 5.41) is 9.82. The summed E-state index contributed by atoms with van der Waals surface area (Å²) in [6, 6.07) is 8.00. The van der Waals surface area contributed by atoms with Crippen molar-refractivity contribution >= 4 is 0 Å². The van der Waals surface area contributed by atoms with Crippen molar-refractivity contribution in [1.29, 1.82) is 0 Å². The standard InChI is InChI=1S/C12H18O2/c1-10-5-3-6-11(9-10)12(13)7-4-8-14-2/h3,5-6,9,12-13H,4,7-8H2,1-2H3. The maximum atomic E-state index is 9.82. The van der Waals surface area contributed by atoms with Crippen LogP contribution >= 0.6 is 0 Å². The molecule has 2 nitrogen and oxygen atoms in total. The lowest BCUT2D eigenvalue weighted by Crippen LogP contribution is -2.00. The molecule has 1 unspecified atom stereocenters. The number of rotatable bonds is 5. The van der Waals surface area contributed by atoms with Crippen molar-refractivity contribution in [2.75, 3.05) is 13.7 Å². The Hall–Kier alpha value is -0.860. The van der Waals surface area contributed by atoms with E-state index in [4.69, 9.17) is 4.74 Å². The number of ether oxygens (including phenoxy) is 1. The van der Waals surface area contributed by atoms with Crippen LogP contribution in [0.3, 0.4) is 0 Å². The van der Waals surface area contributed by atoms with Gasteiger partial charge in [-0.15, -0.1) is 0 Å². The molecule has 0 saturated carbocycles. The molecule has 0 aliphatic carbocycles. The van der Waals surface area contributed by atoms with Crippen molar-refractivity contribution in [2.45, 2.75) is 25.9 Å². The first kappa shape index (κ1) is 11.2. The van der Waals surface area contributed by atoms with Gasteiger partial charge in [-0.25, -0.2) is 0 Å². The normalized spacial score (nSPS) is 12.8. The quantitative estimate of drug-likeness (QED) is 0.729. The van der Waals surface area contributed by atoms with Crippen LogP contribution in [-0.4, -0.2) is 18.8 Å². The van der Waals surface area contributed by atoms with Gasteiger partial charge in [-0.1, -0.05) is 29.8 Å². The van der Waals surface area contributed by atoms with Gasteiger partial charge in [0.2, 0.25) is 0 Å². The van der Waals surface area contributed by atoms with Gasteiger partial charge in [0.15, 0.2) is 0 Å². The number of aryl methyl sites for hydroxylation is 1. The van der Waals surface area contributed by atoms with Gasteiger partial charge in [-0.2, -0.15) is 0 Å². The topological polar surface area (TPSA) is 29.5 Å². The lowest BCUT2D eigenvalue weighted by atomic mass is 10.0. The third-order valence-corrected chi connectivity index (χ3v) is 2.25. The number of methoxy groups -OCH3 is 1. The number of hydrogen-bond acceptors (Lipinski definition) is 2. The lowest BCUT2D eigenvalue weighted by molar-refractivity contribution is 0.136. The molecule has 1 aromatic rings. The van der Waals surface area contributed by atoms with Crippen molar-refractivity contribution in [1.82, 2.24) is 0 Å². The third kappa shape index (κ3) is 3.48. The summed E-state index contributed by atoms with van der Waals surface area (Å²) in [6.45, 7) is 2.74. The summed E-state index contributed by atoms with van der Waals surface area (Å²) in [7, 11) is 1.68. The average Bonchev–Trinajstić information content (AvgIpc) is 2.18. The second kappa shape index (κ2) is 5.78. The Bertz CT molecular complexity index is 271. The Morgan fingerprint density at radius 1 is 1.43 bits per heavy atom. The smallest absolute Gasteiger partial charge is 0.0791 e. The van der Waals surface area contributed by atoms with E-state index in [-0.39, 0.29) is 6.10 Å². The fourth-order valence-electron chi connectivity index (χ4n) is 1.47. The molecule has 1 atom stereocenters. The van der Waals surface area contributed by atoms with E-state index in [2.05, 4.69) is 0 Å². The Labute approximate surface area is 85.5 Å². The minimum Gasteiger partial charge on any atom is -0.388 e. The zero-order valence-electron chi connectivity index (χ0n) is 8.86. The maximum Gasteiger partial charge on any atom is 0.0791 e. The molecule has 0 heterocycles. The molecule has 0 amide bonds. The molecule has 0 fully saturated rings. The van der Waals surface area contributed by atoms with E-state index in [1.54, 1.807) is 7.11 Å². The molecule has 2 heteroatoms. The van der Waals surface area contributed by atoms with Gasteiger partial charge >= 0.3 is 0 Å². The predicted molar refractivity (Wildman–Crippen MR) is 57.2 cm³/mol. The Morgan fingerprint density at radius 3 is 2.86 bits per heavy atom. The maximum absolute atomic E-state index is 9.82. The van der Waals surface area contributed by atoms with Gasteiger partial charge in [0, 0.05) is 13.7 Å². The highest BCUT2D eigenvalue weighted by molar-refractivity contribution is 5.23. The van der Waals surface area contributed by atoms with Crippen molar-refractivity contribution < 1.29 is 9.84 Å². The number of aliphatic hydroxyl groups excluding tert-OH is 1. The van der Waals surface area contributed by atoms with E-state index in [0.717, 1.165) is 18.4 Å². The van der Waals surface area contributed by atoms with E-state index in [1.165, 1.54) is 5.56 Å². The van der Waals surface area contributed by atoms with Crippen molar-refractivity contribution in [3.63, 3.8) is 0 Å². The van der Waals surface area contributed by atoms with Gasteiger partial charge in [0.05, 0.1) is 6.10 Å². The Balaban J connectivity index is 2.47. The first-order chi connectivity index (χ1) is 6.74. The molecule has 1 aromatic carbocycles. The largest absolute Gasteiger partial charge is 0.388 e.